The first-order valence-corrected chi connectivity index (χ1v) is 7.82. The molecule has 0 heterocycles. The Morgan fingerprint density at radius 2 is 1.71 bits per heavy atom. The van der Waals surface area contributed by atoms with Crippen LogP contribution in [0.25, 0.3) is 0 Å². The van der Waals surface area contributed by atoms with E-state index in [0.717, 1.165) is 0 Å². The molecule has 24 heavy (non-hydrogen) atoms. The number of nitrogens with two attached hydrogens (primary N) is 1. The highest BCUT2D eigenvalue weighted by Crippen LogP contribution is 2.37. The third kappa shape index (κ3) is 3.59. The van der Waals surface area contributed by atoms with E-state index in [1.54, 1.807) is 6.07 Å². The van der Waals surface area contributed by atoms with Gasteiger partial charge in [-0.25, -0.2) is 13.2 Å². The summed E-state index contributed by atoms with van der Waals surface area (Å²) in [5, 5.41) is 8.96. The lowest BCUT2D eigenvalue weighted by atomic mass is 10.1. The Morgan fingerprint density at radius 1 is 1.12 bits per heavy atom. The number of nitrogens with one attached hydrogen (secondary N) is 1. The van der Waals surface area contributed by atoms with E-state index in [4.69, 9.17) is 10.8 Å². The molecule has 6 nitrogen and oxygen atoms in total. The summed E-state index contributed by atoms with van der Waals surface area (Å²) in [7, 11) is -4.69. The Balaban J connectivity index is 2.66. The summed E-state index contributed by atoms with van der Waals surface area (Å²) in [6.07, 6.45) is -5.04. The van der Waals surface area contributed by atoms with Crippen molar-refractivity contribution < 1.29 is 31.5 Å². The molecular weight excluding hydrogens is 349 g/mol. The Morgan fingerprint density at radius 3 is 2.21 bits per heavy atom. The maximum absolute atomic E-state index is 13.1. The third-order valence-electron chi connectivity index (χ3n) is 3.00. The summed E-state index contributed by atoms with van der Waals surface area (Å²) in [5.41, 5.74) is 2.34. The molecule has 0 aromatic heterocycles. The van der Waals surface area contributed by atoms with Gasteiger partial charge in [0, 0.05) is 11.4 Å². The number of para-hydroxylation sites is 1. The second-order valence-corrected chi connectivity index (χ2v) is 6.36. The molecule has 0 amide bonds. The van der Waals surface area contributed by atoms with Gasteiger partial charge in [-0.1, -0.05) is 18.2 Å². The molecule has 0 bridgehead atoms. The van der Waals surface area contributed by atoms with Crippen molar-refractivity contribution in [3.8, 4) is 0 Å². The van der Waals surface area contributed by atoms with Crippen molar-refractivity contribution in [2.24, 2.45) is 0 Å². The molecule has 0 saturated carbocycles. The molecule has 2 aromatic carbocycles. The molecule has 0 saturated heterocycles. The topological polar surface area (TPSA) is 109 Å². The Bertz CT molecular complexity index is 881. The van der Waals surface area contributed by atoms with E-state index in [-0.39, 0.29) is 5.69 Å². The number of carbonyl (C=O) groups is 1. The molecule has 0 unspecified atom stereocenters. The first-order chi connectivity index (χ1) is 11.0. The number of benzene rings is 2. The number of alkyl halides is 3. The Labute approximate surface area is 134 Å². The van der Waals surface area contributed by atoms with Crippen molar-refractivity contribution in [3.63, 3.8) is 0 Å². The molecule has 2 aromatic rings. The van der Waals surface area contributed by atoms with Crippen LogP contribution in [0, 0.1) is 0 Å². The minimum atomic E-state index is -5.04. The smallest absolute Gasteiger partial charge is 0.417 e. The molecule has 0 radical (unpaired) electrons. The van der Waals surface area contributed by atoms with Gasteiger partial charge in [-0.15, -0.1) is 0 Å². The number of rotatable bonds is 4. The van der Waals surface area contributed by atoms with Crippen molar-refractivity contribution >= 4 is 27.4 Å². The molecule has 0 aliphatic rings. The number of anilines is 2. The number of sulfonamides is 1. The summed E-state index contributed by atoms with van der Waals surface area (Å²) >= 11 is 0. The lowest BCUT2D eigenvalue weighted by Crippen LogP contribution is -2.20. The zero-order valence-corrected chi connectivity index (χ0v) is 12.6. The van der Waals surface area contributed by atoms with Crippen molar-refractivity contribution in [1.29, 1.82) is 0 Å². The molecule has 0 fully saturated rings. The van der Waals surface area contributed by atoms with Crippen LogP contribution in [0.3, 0.4) is 0 Å². The minimum Gasteiger partial charge on any atom is -0.478 e. The van der Waals surface area contributed by atoms with E-state index in [1.807, 2.05) is 4.72 Å². The number of carboxylic acid groups (broad SMARTS) is 1. The fourth-order valence-electron chi connectivity index (χ4n) is 1.94. The number of carboxylic acids is 1. The SMILES string of the molecule is Nc1cc(C(F)(F)F)c(S(=O)(=O)Nc2ccccc2)cc1C(=O)O. The van der Waals surface area contributed by atoms with Gasteiger partial charge in [0.1, 0.15) is 4.90 Å². The predicted octanol–water partition coefficient (Wildman–Crippen LogP) is 2.79. The van der Waals surface area contributed by atoms with E-state index in [1.165, 1.54) is 24.3 Å². The lowest BCUT2D eigenvalue weighted by molar-refractivity contribution is -0.139. The highest BCUT2D eigenvalue weighted by molar-refractivity contribution is 7.92. The van der Waals surface area contributed by atoms with E-state index >= 15 is 0 Å². The normalized spacial score (nSPS) is 12.0. The van der Waals surface area contributed by atoms with Gasteiger partial charge in [0.05, 0.1) is 11.1 Å². The maximum atomic E-state index is 13.1. The molecule has 0 spiro atoms. The zero-order chi connectivity index (χ0) is 18.1. The standard InChI is InChI=1S/C14H11F3N2O4S/c15-14(16,17)10-7-11(18)9(13(20)21)6-12(10)24(22,23)19-8-4-2-1-3-5-8/h1-7,19H,18H2,(H,20,21). The first-order valence-electron chi connectivity index (χ1n) is 6.34. The van der Waals surface area contributed by atoms with E-state index in [2.05, 4.69) is 0 Å². The minimum absolute atomic E-state index is 0.0272. The quantitative estimate of drug-likeness (QED) is 0.727. The zero-order valence-electron chi connectivity index (χ0n) is 11.8. The van der Waals surface area contributed by atoms with E-state index < -0.39 is 43.9 Å². The number of hydrogen-bond donors (Lipinski definition) is 3. The summed E-state index contributed by atoms with van der Waals surface area (Å²) in [6.45, 7) is 0. The van der Waals surface area contributed by atoms with Crippen LogP contribution in [-0.2, 0) is 16.2 Å². The summed E-state index contributed by atoms with van der Waals surface area (Å²) in [6, 6.07) is 7.91. The lowest BCUT2D eigenvalue weighted by Gasteiger charge is -2.16. The second-order valence-electron chi connectivity index (χ2n) is 4.71. The van der Waals surface area contributed by atoms with Crippen LogP contribution in [0.1, 0.15) is 15.9 Å². The number of hydrogen-bond acceptors (Lipinski definition) is 4. The molecular formula is C14H11F3N2O4S. The van der Waals surface area contributed by atoms with Gasteiger partial charge in [-0.3, -0.25) is 4.72 Å². The van der Waals surface area contributed by atoms with Crippen LogP contribution in [-0.4, -0.2) is 19.5 Å². The summed E-state index contributed by atoms with van der Waals surface area (Å²) < 4.78 is 66.0. The largest absolute Gasteiger partial charge is 0.478 e. The van der Waals surface area contributed by atoms with E-state index in [0.29, 0.717) is 12.1 Å². The molecule has 0 aliphatic heterocycles. The van der Waals surface area contributed by atoms with Gasteiger partial charge in [0.15, 0.2) is 0 Å². The van der Waals surface area contributed by atoms with Gasteiger partial charge in [0.2, 0.25) is 0 Å². The number of halogens is 3. The number of nitrogen functional groups attached to an aromatic ring is 1. The van der Waals surface area contributed by atoms with Crippen LogP contribution in [0.2, 0.25) is 0 Å². The second kappa shape index (κ2) is 6.04. The van der Waals surface area contributed by atoms with Gasteiger partial charge in [-0.05, 0) is 24.3 Å². The van der Waals surface area contributed by atoms with Crippen LogP contribution in [0.15, 0.2) is 47.4 Å². The van der Waals surface area contributed by atoms with Crippen molar-refractivity contribution in [2.45, 2.75) is 11.1 Å². The van der Waals surface area contributed by atoms with Gasteiger partial charge >= 0.3 is 12.1 Å². The monoisotopic (exact) mass is 360 g/mol. The summed E-state index contributed by atoms with van der Waals surface area (Å²) in [5.74, 6) is -1.64. The average Bonchev–Trinajstić information content (AvgIpc) is 2.46. The maximum Gasteiger partial charge on any atom is 0.417 e. The Kier molecular flexibility index (Phi) is 4.43. The molecule has 4 N–H and O–H groups in total. The van der Waals surface area contributed by atoms with Gasteiger partial charge in [-0.2, -0.15) is 13.2 Å². The predicted molar refractivity (Wildman–Crippen MR) is 80.1 cm³/mol. The summed E-state index contributed by atoms with van der Waals surface area (Å²) in [4.78, 5) is 9.83. The van der Waals surface area contributed by atoms with Crippen LogP contribution >= 0.6 is 0 Å². The molecule has 0 aliphatic carbocycles. The highest BCUT2D eigenvalue weighted by Gasteiger charge is 2.38. The van der Waals surface area contributed by atoms with Crippen LogP contribution in [0.5, 0.6) is 0 Å². The van der Waals surface area contributed by atoms with Gasteiger partial charge < -0.3 is 10.8 Å². The number of aromatic carboxylic acids is 1. The molecule has 10 heteroatoms. The third-order valence-corrected chi connectivity index (χ3v) is 4.42. The van der Waals surface area contributed by atoms with Crippen molar-refractivity contribution in [3.05, 3.63) is 53.6 Å². The average molecular weight is 360 g/mol. The van der Waals surface area contributed by atoms with Crippen molar-refractivity contribution in [2.75, 3.05) is 10.5 Å². The highest BCUT2D eigenvalue weighted by atomic mass is 32.2. The molecule has 128 valence electrons. The Hall–Kier alpha value is -2.75. The fourth-order valence-corrected chi connectivity index (χ4v) is 3.24. The fraction of sp³-hybridized carbons (Fsp3) is 0.0714. The van der Waals surface area contributed by atoms with Crippen LogP contribution in [0.4, 0.5) is 24.5 Å². The molecule has 0 atom stereocenters. The first kappa shape index (κ1) is 17.6. The van der Waals surface area contributed by atoms with Crippen LogP contribution < -0.4 is 10.5 Å². The van der Waals surface area contributed by atoms with Crippen molar-refractivity contribution in [1.82, 2.24) is 0 Å². The van der Waals surface area contributed by atoms with Gasteiger partial charge in [0.25, 0.3) is 10.0 Å². The molecule has 2 rings (SSSR count). The van der Waals surface area contributed by atoms with E-state index in [9.17, 15) is 26.4 Å².